The predicted molar refractivity (Wildman–Crippen MR) is 142 cm³/mol. The Morgan fingerprint density at radius 1 is 1.08 bits per heavy atom. The number of nitrogens with zero attached hydrogens (tertiary/aromatic N) is 3. The van der Waals surface area contributed by atoms with Crippen molar-refractivity contribution < 1.29 is 18.7 Å². The molecule has 5 rings (SSSR count). The number of aromatic nitrogens is 1. The first kappa shape index (κ1) is 25.6. The molecule has 1 amide bonds. The van der Waals surface area contributed by atoms with E-state index in [1.807, 2.05) is 12.1 Å². The van der Waals surface area contributed by atoms with Gasteiger partial charge in [-0.1, -0.05) is 12.1 Å². The molecule has 1 atom stereocenters. The lowest BCUT2D eigenvalue weighted by Crippen LogP contribution is -2.31. The first-order valence-electron chi connectivity index (χ1n) is 12.4. The van der Waals surface area contributed by atoms with Gasteiger partial charge in [-0.15, -0.1) is 0 Å². The Balaban J connectivity index is 1.65. The molecule has 38 heavy (non-hydrogen) atoms. The molecular weight excluding hydrogens is 486 g/mol. The highest BCUT2D eigenvalue weighted by atomic mass is 19.1. The van der Waals surface area contributed by atoms with Gasteiger partial charge in [0.15, 0.2) is 0 Å². The fourth-order valence-corrected chi connectivity index (χ4v) is 5.05. The van der Waals surface area contributed by atoms with Gasteiger partial charge in [0.2, 0.25) is 0 Å². The van der Waals surface area contributed by atoms with Crippen molar-refractivity contribution in [1.29, 1.82) is 5.26 Å². The summed E-state index contributed by atoms with van der Waals surface area (Å²) in [5, 5.41) is 20.2. The van der Waals surface area contributed by atoms with Crippen LogP contribution in [0.5, 0.6) is 0 Å². The molecule has 0 radical (unpaired) electrons. The van der Waals surface area contributed by atoms with Gasteiger partial charge in [0.1, 0.15) is 17.7 Å². The van der Waals surface area contributed by atoms with Crippen LogP contribution in [-0.2, 0) is 6.54 Å². The summed E-state index contributed by atoms with van der Waals surface area (Å²) in [5.74, 6) is -1.38. The number of hydrogen-bond acceptors (Lipinski definition) is 4. The number of hydrogen-bond donors (Lipinski definition) is 2. The van der Waals surface area contributed by atoms with E-state index < -0.39 is 17.2 Å². The van der Waals surface area contributed by atoms with Gasteiger partial charge < -0.3 is 20.3 Å². The van der Waals surface area contributed by atoms with Crippen molar-refractivity contribution in [2.24, 2.45) is 5.73 Å². The van der Waals surface area contributed by atoms with E-state index in [1.165, 1.54) is 18.2 Å². The highest BCUT2D eigenvalue weighted by molar-refractivity contribution is 5.99. The van der Waals surface area contributed by atoms with Crippen LogP contribution in [0.3, 0.4) is 0 Å². The van der Waals surface area contributed by atoms with Gasteiger partial charge in [0.05, 0.1) is 23.2 Å². The van der Waals surface area contributed by atoms with E-state index in [4.69, 9.17) is 11.0 Å². The molecular formula is C30H28F2N4O2. The summed E-state index contributed by atoms with van der Waals surface area (Å²) < 4.78 is 32.1. The molecule has 3 N–H and O–H groups in total. The second kappa shape index (κ2) is 9.67. The Morgan fingerprint density at radius 2 is 1.87 bits per heavy atom. The van der Waals surface area contributed by atoms with Gasteiger partial charge in [0.25, 0.3) is 5.91 Å². The molecule has 1 fully saturated rings. The van der Waals surface area contributed by atoms with E-state index in [2.05, 4.69) is 0 Å². The van der Waals surface area contributed by atoms with E-state index in [9.17, 15) is 14.3 Å². The number of likely N-dealkylation sites (tertiary alicyclic amines) is 1. The van der Waals surface area contributed by atoms with Crippen LogP contribution in [0.4, 0.5) is 8.78 Å². The summed E-state index contributed by atoms with van der Waals surface area (Å²) in [6.45, 7) is 4.67. The fourth-order valence-electron chi connectivity index (χ4n) is 5.05. The number of carbonyl (C=O) groups is 1. The predicted octanol–water partition coefficient (Wildman–Crippen LogP) is 5.07. The summed E-state index contributed by atoms with van der Waals surface area (Å²) >= 11 is 0. The molecule has 1 aromatic heterocycles. The standard InChI is InChI=1S/C30H28F2N4O2/c1-30(2,38)17-36-9-7-19-11-25(27(32)14-28(19)36)23-6-5-20(29(37)35-10-8-22(34)16-35)12-24(23)18-3-4-21(15-33)26(31)13-18/h3-7,9,11-14,22,38H,8,10,16-17,34H2,1-2H3. The molecule has 4 aromatic rings. The van der Waals surface area contributed by atoms with Crippen molar-refractivity contribution in [2.75, 3.05) is 13.1 Å². The fraction of sp³-hybridized carbons (Fsp3) is 0.267. The lowest BCUT2D eigenvalue weighted by molar-refractivity contribution is 0.0628. The summed E-state index contributed by atoms with van der Waals surface area (Å²) in [6.07, 6.45) is 2.52. The lowest BCUT2D eigenvalue weighted by Gasteiger charge is -2.19. The van der Waals surface area contributed by atoms with E-state index in [1.54, 1.807) is 59.8 Å². The quantitative estimate of drug-likeness (QED) is 0.389. The molecule has 1 aliphatic heterocycles. The van der Waals surface area contributed by atoms with Crippen LogP contribution in [0.1, 0.15) is 36.2 Å². The van der Waals surface area contributed by atoms with E-state index >= 15 is 4.39 Å². The summed E-state index contributed by atoms with van der Waals surface area (Å²) in [7, 11) is 0. The average Bonchev–Trinajstić information content (AvgIpc) is 3.47. The van der Waals surface area contributed by atoms with Crippen LogP contribution in [0.25, 0.3) is 33.2 Å². The van der Waals surface area contributed by atoms with Crippen molar-refractivity contribution in [3.63, 3.8) is 0 Å². The molecule has 0 aliphatic carbocycles. The Kier molecular flexibility index (Phi) is 6.51. The van der Waals surface area contributed by atoms with Gasteiger partial charge in [0, 0.05) is 41.8 Å². The zero-order valence-corrected chi connectivity index (χ0v) is 21.2. The van der Waals surface area contributed by atoms with Crippen molar-refractivity contribution in [3.8, 4) is 28.3 Å². The number of carbonyl (C=O) groups excluding carboxylic acids is 1. The lowest BCUT2D eigenvalue weighted by atomic mass is 9.91. The molecule has 0 spiro atoms. The maximum atomic E-state index is 15.7. The van der Waals surface area contributed by atoms with Gasteiger partial charge in [-0.25, -0.2) is 8.78 Å². The summed E-state index contributed by atoms with van der Waals surface area (Å²) in [4.78, 5) is 14.9. The highest BCUT2D eigenvalue weighted by Gasteiger charge is 2.26. The molecule has 194 valence electrons. The zero-order chi connectivity index (χ0) is 27.2. The molecule has 1 aliphatic rings. The zero-order valence-electron chi connectivity index (χ0n) is 21.2. The first-order valence-corrected chi connectivity index (χ1v) is 12.4. The van der Waals surface area contributed by atoms with Crippen LogP contribution < -0.4 is 5.73 Å². The molecule has 1 saturated heterocycles. The maximum Gasteiger partial charge on any atom is 0.253 e. The second-order valence-corrected chi connectivity index (χ2v) is 10.5. The highest BCUT2D eigenvalue weighted by Crippen LogP contribution is 2.37. The smallest absolute Gasteiger partial charge is 0.253 e. The molecule has 2 heterocycles. The summed E-state index contributed by atoms with van der Waals surface area (Å²) in [6, 6.07) is 15.9. The van der Waals surface area contributed by atoms with Crippen LogP contribution in [-0.4, -0.2) is 45.2 Å². The number of aliphatic hydroxyl groups is 1. The molecule has 3 aromatic carbocycles. The van der Waals surface area contributed by atoms with Crippen molar-refractivity contribution in [3.05, 3.63) is 83.6 Å². The van der Waals surface area contributed by atoms with E-state index in [0.717, 1.165) is 11.8 Å². The Labute approximate surface area is 219 Å². The van der Waals surface area contributed by atoms with Gasteiger partial charge >= 0.3 is 0 Å². The minimum atomic E-state index is -0.977. The number of halogens is 2. The van der Waals surface area contributed by atoms with E-state index in [-0.39, 0.29) is 17.5 Å². The monoisotopic (exact) mass is 514 g/mol. The molecule has 1 unspecified atom stereocenters. The normalized spacial score (nSPS) is 15.7. The molecule has 8 heteroatoms. The third-order valence-corrected chi connectivity index (χ3v) is 6.89. The molecule has 0 bridgehead atoms. The molecule has 0 saturated carbocycles. The minimum absolute atomic E-state index is 0.0742. The maximum absolute atomic E-state index is 15.7. The van der Waals surface area contributed by atoms with Gasteiger partial charge in [-0.3, -0.25) is 4.79 Å². The number of nitrogens with two attached hydrogens (primary N) is 1. The molecule has 6 nitrogen and oxygen atoms in total. The van der Waals surface area contributed by atoms with Crippen LogP contribution in [0.15, 0.2) is 60.8 Å². The van der Waals surface area contributed by atoms with Crippen LogP contribution in [0, 0.1) is 23.0 Å². The van der Waals surface area contributed by atoms with Crippen molar-refractivity contribution >= 4 is 16.8 Å². The van der Waals surface area contributed by atoms with Crippen LogP contribution in [0.2, 0.25) is 0 Å². The van der Waals surface area contributed by atoms with Crippen LogP contribution >= 0.6 is 0 Å². The van der Waals surface area contributed by atoms with Gasteiger partial charge in [-0.2, -0.15) is 5.26 Å². The minimum Gasteiger partial charge on any atom is -0.389 e. The third-order valence-electron chi connectivity index (χ3n) is 6.89. The Hall–Kier alpha value is -4.06. The number of nitriles is 1. The SMILES string of the molecule is CC(C)(O)Cn1ccc2cc(-c3ccc(C(=O)N4CCC(N)C4)cc3-c3ccc(C#N)c(F)c3)c(F)cc21. The topological polar surface area (TPSA) is 95.3 Å². The Bertz CT molecular complexity index is 1600. The second-order valence-electron chi connectivity index (χ2n) is 10.5. The number of amides is 1. The summed E-state index contributed by atoms with van der Waals surface area (Å²) in [5.41, 5.74) is 7.60. The Morgan fingerprint density at radius 3 is 2.53 bits per heavy atom. The number of rotatable bonds is 5. The largest absolute Gasteiger partial charge is 0.389 e. The third kappa shape index (κ3) is 4.91. The first-order chi connectivity index (χ1) is 18.0. The number of fused-ring (bicyclic) bond motifs is 1. The number of benzene rings is 3. The average molecular weight is 515 g/mol. The van der Waals surface area contributed by atoms with Crippen molar-refractivity contribution in [1.82, 2.24) is 9.47 Å². The van der Waals surface area contributed by atoms with E-state index in [0.29, 0.717) is 53.0 Å². The van der Waals surface area contributed by atoms with Crippen molar-refractivity contribution in [2.45, 2.75) is 38.5 Å². The van der Waals surface area contributed by atoms with Gasteiger partial charge in [-0.05, 0) is 79.4 Å².